The van der Waals surface area contributed by atoms with Crippen molar-refractivity contribution < 1.29 is 9.53 Å². The van der Waals surface area contributed by atoms with Crippen LogP contribution in [0.25, 0.3) is 6.08 Å². The molecular formula is C16H22N2O2. The van der Waals surface area contributed by atoms with Gasteiger partial charge >= 0.3 is 0 Å². The summed E-state index contributed by atoms with van der Waals surface area (Å²) in [5.74, 6) is -0.100. The highest BCUT2D eigenvalue weighted by atomic mass is 16.5. The standard InChI is InChI=1S/C16H22N2O2/c17-14-8-5-13(6-9-14)7-10-16(19)18-11-12-20-15-3-1-2-4-15/h5-10,15H,1-4,11-12,17H2,(H,18,19)/b10-7+. The van der Waals surface area contributed by atoms with Gasteiger partial charge in [-0.2, -0.15) is 0 Å². The van der Waals surface area contributed by atoms with Gasteiger partial charge in [0.15, 0.2) is 0 Å². The van der Waals surface area contributed by atoms with E-state index in [-0.39, 0.29) is 5.91 Å². The van der Waals surface area contributed by atoms with Crippen molar-refractivity contribution in [3.63, 3.8) is 0 Å². The van der Waals surface area contributed by atoms with Crippen LogP contribution < -0.4 is 11.1 Å². The Labute approximate surface area is 120 Å². The molecule has 108 valence electrons. The van der Waals surface area contributed by atoms with Crippen molar-refractivity contribution in [1.29, 1.82) is 0 Å². The van der Waals surface area contributed by atoms with E-state index in [1.54, 1.807) is 6.08 Å². The third kappa shape index (κ3) is 5.05. The molecule has 2 rings (SSSR count). The molecule has 4 nitrogen and oxygen atoms in total. The molecular weight excluding hydrogens is 252 g/mol. The van der Waals surface area contributed by atoms with Gasteiger partial charge in [0.1, 0.15) is 0 Å². The number of benzene rings is 1. The van der Waals surface area contributed by atoms with Crippen LogP contribution in [0.15, 0.2) is 30.3 Å². The van der Waals surface area contributed by atoms with Gasteiger partial charge < -0.3 is 15.8 Å². The van der Waals surface area contributed by atoms with Crippen LogP contribution in [-0.4, -0.2) is 25.2 Å². The number of amides is 1. The van der Waals surface area contributed by atoms with Crippen molar-refractivity contribution in [3.05, 3.63) is 35.9 Å². The van der Waals surface area contributed by atoms with Gasteiger partial charge in [0, 0.05) is 18.3 Å². The molecule has 0 unspecified atom stereocenters. The molecule has 1 aromatic rings. The lowest BCUT2D eigenvalue weighted by molar-refractivity contribution is -0.116. The number of hydrogen-bond acceptors (Lipinski definition) is 3. The molecule has 3 N–H and O–H groups in total. The zero-order chi connectivity index (χ0) is 14.2. The topological polar surface area (TPSA) is 64.4 Å². The normalized spacial score (nSPS) is 15.8. The van der Waals surface area contributed by atoms with Crippen molar-refractivity contribution >= 4 is 17.7 Å². The van der Waals surface area contributed by atoms with Crippen LogP contribution in [0.1, 0.15) is 31.2 Å². The van der Waals surface area contributed by atoms with Crippen molar-refractivity contribution in [2.75, 3.05) is 18.9 Å². The summed E-state index contributed by atoms with van der Waals surface area (Å²) in [5.41, 5.74) is 7.27. The SMILES string of the molecule is Nc1ccc(/C=C/C(=O)NCCOC2CCCC2)cc1. The second-order valence-corrected chi connectivity index (χ2v) is 5.07. The fourth-order valence-corrected chi connectivity index (χ4v) is 2.29. The highest BCUT2D eigenvalue weighted by Crippen LogP contribution is 2.20. The Morgan fingerprint density at radius 3 is 2.70 bits per heavy atom. The van der Waals surface area contributed by atoms with E-state index in [1.807, 2.05) is 24.3 Å². The second-order valence-electron chi connectivity index (χ2n) is 5.07. The van der Waals surface area contributed by atoms with E-state index in [9.17, 15) is 4.79 Å². The summed E-state index contributed by atoms with van der Waals surface area (Å²) in [7, 11) is 0. The minimum Gasteiger partial charge on any atom is -0.399 e. The smallest absolute Gasteiger partial charge is 0.244 e. The van der Waals surface area contributed by atoms with Crippen molar-refractivity contribution in [1.82, 2.24) is 5.32 Å². The monoisotopic (exact) mass is 274 g/mol. The fraction of sp³-hybridized carbons (Fsp3) is 0.438. The van der Waals surface area contributed by atoms with E-state index in [2.05, 4.69) is 5.32 Å². The van der Waals surface area contributed by atoms with Crippen LogP contribution in [0.5, 0.6) is 0 Å². The molecule has 0 atom stereocenters. The van der Waals surface area contributed by atoms with E-state index in [4.69, 9.17) is 10.5 Å². The first-order chi connectivity index (χ1) is 9.74. The van der Waals surface area contributed by atoms with Gasteiger partial charge in [-0.15, -0.1) is 0 Å². The zero-order valence-electron chi connectivity index (χ0n) is 11.7. The van der Waals surface area contributed by atoms with Crippen LogP contribution >= 0.6 is 0 Å². The molecule has 0 heterocycles. The van der Waals surface area contributed by atoms with E-state index < -0.39 is 0 Å². The molecule has 0 aliphatic heterocycles. The van der Waals surface area contributed by atoms with Gasteiger partial charge in [-0.05, 0) is 36.6 Å². The summed E-state index contributed by atoms with van der Waals surface area (Å²) in [5, 5.41) is 2.81. The lowest BCUT2D eigenvalue weighted by atomic mass is 10.2. The maximum absolute atomic E-state index is 11.6. The van der Waals surface area contributed by atoms with Crippen LogP contribution in [-0.2, 0) is 9.53 Å². The van der Waals surface area contributed by atoms with Crippen LogP contribution in [0, 0.1) is 0 Å². The van der Waals surface area contributed by atoms with Gasteiger partial charge in [0.05, 0.1) is 12.7 Å². The quantitative estimate of drug-likeness (QED) is 0.475. The van der Waals surface area contributed by atoms with E-state index in [0.717, 1.165) is 24.1 Å². The molecule has 0 spiro atoms. The number of rotatable bonds is 6. The summed E-state index contributed by atoms with van der Waals surface area (Å²) in [4.78, 5) is 11.6. The molecule has 0 saturated heterocycles. The lowest BCUT2D eigenvalue weighted by Crippen LogP contribution is -2.26. The molecule has 1 aliphatic carbocycles. The Morgan fingerprint density at radius 2 is 2.00 bits per heavy atom. The van der Waals surface area contributed by atoms with Gasteiger partial charge in [-0.3, -0.25) is 4.79 Å². The number of ether oxygens (including phenoxy) is 1. The first kappa shape index (κ1) is 14.6. The molecule has 0 aromatic heterocycles. The Balaban J connectivity index is 1.63. The number of nitrogen functional groups attached to an aromatic ring is 1. The van der Waals surface area contributed by atoms with Crippen LogP contribution in [0.3, 0.4) is 0 Å². The zero-order valence-corrected chi connectivity index (χ0v) is 11.7. The predicted molar refractivity (Wildman–Crippen MR) is 81.1 cm³/mol. The minimum atomic E-state index is -0.100. The molecule has 1 aromatic carbocycles. The number of hydrogen-bond donors (Lipinski definition) is 2. The summed E-state index contributed by atoms with van der Waals surface area (Å²) in [6, 6.07) is 7.38. The Morgan fingerprint density at radius 1 is 1.30 bits per heavy atom. The van der Waals surface area contributed by atoms with E-state index >= 15 is 0 Å². The number of nitrogens with one attached hydrogen (secondary N) is 1. The molecule has 1 saturated carbocycles. The average Bonchev–Trinajstić information content (AvgIpc) is 2.96. The summed E-state index contributed by atoms with van der Waals surface area (Å²) >= 11 is 0. The molecule has 0 radical (unpaired) electrons. The van der Waals surface area contributed by atoms with Crippen molar-refractivity contribution in [2.45, 2.75) is 31.8 Å². The second kappa shape index (κ2) is 7.70. The Kier molecular flexibility index (Phi) is 5.62. The van der Waals surface area contributed by atoms with E-state index in [1.165, 1.54) is 18.9 Å². The maximum Gasteiger partial charge on any atom is 0.244 e. The third-order valence-electron chi connectivity index (χ3n) is 3.42. The van der Waals surface area contributed by atoms with Crippen molar-refractivity contribution in [2.24, 2.45) is 0 Å². The number of anilines is 1. The Bertz CT molecular complexity index is 448. The molecule has 0 bridgehead atoms. The Hall–Kier alpha value is -1.81. The number of carbonyl (C=O) groups excluding carboxylic acids is 1. The average molecular weight is 274 g/mol. The first-order valence-corrected chi connectivity index (χ1v) is 7.17. The van der Waals surface area contributed by atoms with Gasteiger partial charge in [-0.1, -0.05) is 25.0 Å². The van der Waals surface area contributed by atoms with Crippen LogP contribution in [0.2, 0.25) is 0 Å². The summed E-state index contributed by atoms with van der Waals surface area (Å²) < 4.78 is 5.68. The third-order valence-corrected chi connectivity index (χ3v) is 3.42. The highest BCUT2D eigenvalue weighted by Gasteiger charge is 2.14. The molecule has 1 aliphatic rings. The van der Waals surface area contributed by atoms with E-state index in [0.29, 0.717) is 19.3 Å². The summed E-state index contributed by atoms with van der Waals surface area (Å²) in [6.45, 7) is 1.15. The molecule has 1 fully saturated rings. The number of nitrogens with two attached hydrogens (primary N) is 1. The lowest BCUT2D eigenvalue weighted by Gasteiger charge is -2.10. The first-order valence-electron chi connectivity index (χ1n) is 7.17. The maximum atomic E-state index is 11.6. The predicted octanol–water partition coefficient (Wildman–Crippen LogP) is 2.36. The van der Waals surface area contributed by atoms with Gasteiger partial charge in [0.25, 0.3) is 0 Å². The van der Waals surface area contributed by atoms with Crippen LogP contribution in [0.4, 0.5) is 5.69 Å². The van der Waals surface area contributed by atoms with Gasteiger partial charge in [-0.25, -0.2) is 0 Å². The number of carbonyl (C=O) groups is 1. The highest BCUT2D eigenvalue weighted by molar-refractivity contribution is 5.91. The molecule has 20 heavy (non-hydrogen) atoms. The molecule has 4 heteroatoms. The minimum absolute atomic E-state index is 0.100. The van der Waals surface area contributed by atoms with Gasteiger partial charge in [0.2, 0.25) is 5.91 Å². The molecule has 1 amide bonds. The largest absolute Gasteiger partial charge is 0.399 e. The fourth-order valence-electron chi connectivity index (χ4n) is 2.29. The van der Waals surface area contributed by atoms with Crippen molar-refractivity contribution in [3.8, 4) is 0 Å². The summed E-state index contributed by atoms with van der Waals surface area (Å²) in [6.07, 6.45) is 8.55.